The van der Waals surface area contributed by atoms with Gasteiger partial charge in [0.05, 0.1) is 12.0 Å². The predicted molar refractivity (Wildman–Crippen MR) is 98.7 cm³/mol. The number of furan rings is 1. The monoisotopic (exact) mass is 338 g/mol. The number of hydrogen-bond donors (Lipinski definition) is 0. The molecule has 1 fully saturated rings. The molecule has 1 aromatic carbocycles. The molecule has 0 unspecified atom stereocenters. The highest BCUT2D eigenvalue weighted by atomic mass is 16.3. The molecule has 1 aromatic heterocycles. The number of hydrogen-bond acceptors (Lipinski definition) is 3. The van der Waals surface area contributed by atoms with E-state index in [0.717, 1.165) is 49.8 Å². The van der Waals surface area contributed by atoms with Crippen LogP contribution in [0.5, 0.6) is 0 Å². The van der Waals surface area contributed by atoms with E-state index >= 15 is 0 Å². The zero-order valence-corrected chi connectivity index (χ0v) is 15.3. The van der Waals surface area contributed by atoms with Crippen LogP contribution < -0.4 is 4.90 Å². The summed E-state index contributed by atoms with van der Waals surface area (Å²) in [5, 5.41) is 0. The summed E-state index contributed by atoms with van der Waals surface area (Å²) in [7, 11) is 0. The Labute approximate surface area is 149 Å². The van der Waals surface area contributed by atoms with Gasteiger partial charge in [0.1, 0.15) is 11.5 Å². The number of benzene rings is 1. The molecule has 1 atom stereocenters. The van der Waals surface area contributed by atoms with E-state index in [9.17, 15) is 4.79 Å². The minimum atomic E-state index is -0.382. The van der Waals surface area contributed by atoms with Crippen molar-refractivity contribution < 1.29 is 9.21 Å². The Kier molecular flexibility index (Phi) is 3.95. The van der Waals surface area contributed by atoms with Gasteiger partial charge >= 0.3 is 0 Å². The summed E-state index contributed by atoms with van der Waals surface area (Å²) in [4.78, 5) is 17.8. The highest BCUT2D eigenvalue weighted by molar-refractivity contribution is 6.08. The quantitative estimate of drug-likeness (QED) is 0.852. The van der Waals surface area contributed by atoms with Gasteiger partial charge < -0.3 is 9.32 Å². The summed E-state index contributed by atoms with van der Waals surface area (Å²) >= 11 is 0. The maximum Gasteiger partial charge on any atom is 0.239 e. The lowest BCUT2D eigenvalue weighted by molar-refractivity contribution is -0.123. The van der Waals surface area contributed by atoms with Gasteiger partial charge in [-0.05, 0) is 43.0 Å². The van der Waals surface area contributed by atoms with Gasteiger partial charge in [-0.15, -0.1) is 0 Å². The summed E-state index contributed by atoms with van der Waals surface area (Å²) in [6.45, 7) is 9.56. The van der Waals surface area contributed by atoms with E-state index in [1.807, 2.05) is 30.0 Å². The molecule has 1 spiro atoms. The molecule has 1 amide bonds. The Bertz CT molecular complexity index is 795. The number of carbonyl (C=O) groups excluding carboxylic acids is 1. The number of amides is 1. The lowest BCUT2D eigenvalue weighted by Gasteiger charge is -2.25. The number of aryl methyl sites for hydroxylation is 1. The van der Waals surface area contributed by atoms with Crippen LogP contribution in [0, 0.1) is 12.8 Å². The lowest BCUT2D eigenvalue weighted by atomic mass is 9.81. The predicted octanol–water partition coefficient (Wildman–Crippen LogP) is 3.73. The van der Waals surface area contributed by atoms with E-state index < -0.39 is 0 Å². The highest BCUT2D eigenvalue weighted by Gasteiger charge is 2.54. The molecule has 4 rings (SSSR count). The molecule has 4 heteroatoms. The van der Waals surface area contributed by atoms with Crippen molar-refractivity contribution in [3.63, 3.8) is 0 Å². The Balaban J connectivity index is 1.62. The smallest absolute Gasteiger partial charge is 0.239 e. The molecule has 0 aliphatic carbocycles. The van der Waals surface area contributed by atoms with E-state index in [1.54, 1.807) is 0 Å². The molecule has 3 heterocycles. The number of nitrogens with zero attached hydrogens (tertiary/aromatic N) is 2. The molecule has 25 heavy (non-hydrogen) atoms. The first kappa shape index (κ1) is 16.4. The largest absolute Gasteiger partial charge is 0.465 e. The van der Waals surface area contributed by atoms with Crippen LogP contribution in [-0.4, -0.2) is 30.4 Å². The first-order chi connectivity index (χ1) is 12.0. The fourth-order valence-electron chi connectivity index (χ4n) is 4.35. The summed E-state index contributed by atoms with van der Waals surface area (Å²) in [6.07, 6.45) is 0.886. The van der Waals surface area contributed by atoms with Crippen LogP contribution in [0.15, 0.2) is 40.8 Å². The number of carbonyl (C=O) groups is 1. The molecule has 0 bridgehead atoms. The number of para-hydroxylation sites is 1. The average Bonchev–Trinajstić information content (AvgIpc) is 3.24. The molecular formula is C21H26N2O2. The van der Waals surface area contributed by atoms with E-state index in [0.29, 0.717) is 5.92 Å². The molecule has 0 saturated carbocycles. The third kappa shape index (κ3) is 2.69. The molecule has 2 aliphatic rings. The minimum absolute atomic E-state index is 0.278. The van der Waals surface area contributed by atoms with Crippen LogP contribution >= 0.6 is 0 Å². The topological polar surface area (TPSA) is 36.7 Å². The molecule has 132 valence electrons. The standard InChI is InChI=1S/C21H26N2O2/c1-15(2)12-23-19-7-5-4-6-18(19)21(20(23)24)10-11-22(14-21)13-17-9-8-16(3)25-17/h4-9,15H,10-14H2,1-3H3/t21-/m0/s1. The molecule has 0 radical (unpaired) electrons. The van der Waals surface area contributed by atoms with E-state index in [2.05, 4.69) is 36.9 Å². The summed E-state index contributed by atoms with van der Waals surface area (Å²) in [5.41, 5.74) is 1.93. The van der Waals surface area contributed by atoms with Crippen molar-refractivity contribution in [2.45, 2.75) is 39.2 Å². The first-order valence-corrected chi connectivity index (χ1v) is 9.19. The van der Waals surface area contributed by atoms with Crippen molar-refractivity contribution in [3.05, 3.63) is 53.5 Å². The van der Waals surface area contributed by atoms with Crippen LogP contribution in [0.3, 0.4) is 0 Å². The van der Waals surface area contributed by atoms with Gasteiger partial charge in [0, 0.05) is 25.3 Å². The van der Waals surface area contributed by atoms with Crippen molar-refractivity contribution in [3.8, 4) is 0 Å². The van der Waals surface area contributed by atoms with Gasteiger partial charge in [0.2, 0.25) is 5.91 Å². The Morgan fingerprint density at radius 3 is 2.72 bits per heavy atom. The Morgan fingerprint density at radius 1 is 1.20 bits per heavy atom. The molecule has 4 nitrogen and oxygen atoms in total. The summed E-state index contributed by atoms with van der Waals surface area (Å²) < 4.78 is 5.73. The second-order valence-electron chi connectivity index (χ2n) is 7.88. The zero-order valence-electron chi connectivity index (χ0n) is 15.3. The van der Waals surface area contributed by atoms with Crippen molar-refractivity contribution >= 4 is 11.6 Å². The van der Waals surface area contributed by atoms with Crippen LogP contribution in [0.4, 0.5) is 5.69 Å². The van der Waals surface area contributed by atoms with E-state index in [1.165, 1.54) is 5.56 Å². The van der Waals surface area contributed by atoms with E-state index in [-0.39, 0.29) is 11.3 Å². The van der Waals surface area contributed by atoms with Gasteiger partial charge in [-0.2, -0.15) is 0 Å². The molecule has 2 aromatic rings. The van der Waals surface area contributed by atoms with Gasteiger partial charge in [0.15, 0.2) is 0 Å². The highest BCUT2D eigenvalue weighted by Crippen LogP contribution is 2.47. The van der Waals surface area contributed by atoms with Crippen LogP contribution in [0.25, 0.3) is 0 Å². The van der Waals surface area contributed by atoms with Crippen molar-refractivity contribution in [2.75, 3.05) is 24.5 Å². The van der Waals surface area contributed by atoms with Crippen LogP contribution in [-0.2, 0) is 16.8 Å². The maximum absolute atomic E-state index is 13.4. The zero-order chi connectivity index (χ0) is 17.6. The average molecular weight is 338 g/mol. The number of rotatable bonds is 4. The van der Waals surface area contributed by atoms with E-state index in [4.69, 9.17) is 4.42 Å². The molecule has 2 aliphatic heterocycles. The van der Waals surface area contributed by atoms with Crippen LogP contribution in [0.1, 0.15) is 37.4 Å². The number of anilines is 1. The lowest BCUT2D eigenvalue weighted by Crippen LogP contribution is -2.43. The van der Waals surface area contributed by atoms with Gasteiger partial charge in [-0.3, -0.25) is 9.69 Å². The Morgan fingerprint density at radius 2 is 2.00 bits per heavy atom. The molecule has 0 N–H and O–H groups in total. The summed E-state index contributed by atoms with van der Waals surface area (Å²) in [6, 6.07) is 12.4. The molecule has 1 saturated heterocycles. The minimum Gasteiger partial charge on any atom is -0.465 e. The number of likely N-dealkylation sites (tertiary alicyclic amines) is 1. The SMILES string of the molecule is Cc1ccc(CN2CC[C@@]3(C2)C(=O)N(CC(C)C)c2ccccc23)o1. The fourth-order valence-corrected chi connectivity index (χ4v) is 4.35. The second kappa shape index (κ2) is 6.03. The first-order valence-electron chi connectivity index (χ1n) is 9.19. The second-order valence-corrected chi connectivity index (χ2v) is 7.88. The van der Waals surface area contributed by atoms with Crippen molar-refractivity contribution in [1.29, 1.82) is 0 Å². The summed E-state index contributed by atoms with van der Waals surface area (Å²) in [5.74, 6) is 2.65. The fraction of sp³-hybridized carbons (Fsp3) is 0.476. The van der Waals surface area contributed by atoms with Crippen molar-refractivity contribution in [2.24, 2.45) is 5.92 Å². The van der Waals surface area contributed by atoms with Crippen molar-refractivity contribution in [1.82, 2.24) is 4.90 Å². The normalized spacial score (nSPS) is 23.2. The Hall–Kier alpha value is -2.07. The van der Waals surface area contributed by atoms with Gasteiger partial charge in [-0.1, -0.05) is 32.0 Å². The van der Waals surface area contributed by atoms with Gasteiger partial charge in [0.25, 0.3) is 0 Å². The molecular weight excluding hydrogens is 312 g/mol. The number of fused-ring (bicyclic) bond motifs is 2. The third-order valence-electron chi connectivity index (χ3n) is 5.44. The maximum atomic E-state index is 13.4. The van der Waals surface area contributed by atoms with Gasteiger partial charge in [-0.25, -0.2) is 0 Å². The third-order valence-corrected chi connectivity index (χ3v) is 5.44. The van der Waals surface area contributed by atoms with Crippen LogP contribution in [0.2, 0.25) is 0 Å².